The first-order valence-electron chi connectivity index (χ1n) is 12.4. The standard InChI is InChI=1S/C34H29NO/c1-17(2)22-9-11-26-24-8-7-18(3)31-28(29-15-20(5)30(35)16-19(29)4)14-13-25(33(24)31)27-12-10-23(21(6)36)32(22)34(26)27/h7-16H,1,35H2,2-6H3. The number of rotatable bonds is 3. The highest BCUT2D eigenvalue weighted by atomic mass is 16.1. The molecular weight excluding hydrogens is 438 g/mol. The van der Waals surface area contributed by atoms with E-state index in [2.05, 4.69) is 81.9 Å². The van der Waals surface area contributed by atoms with E-state index in [-0.39, 0.29) is 5.78 Å². The third-order valence-electron chi connectivity index (χ3n) is 7.85. The van der Waals surface area contributed by atoms with Crippen LogP contribution in [0, 0.1) is 20.8 Å². The molecule has 0 amide bonds. The highest BCUT2D eigenvalue weighted by molar-refractivity contribution is 6.36. The summed E-state index contributed by atoms with van der Waals surface area (Å²) in [6.45, 7) is 14.3. The van der Waals surface area contributed by atoms with Crippen molar-refractivity contribution >= 4 is 60.1 Å². The third kappa shape index (κ3) is 2.94. The van der Waals surface area contributed by atoms with Gasteiger partial charge in [-0.3, -0.25) is 4.79 Å². The van der Waals surface area contributed by atoms with Gasteiger partial charge in [0.1, 0.15) is 0 Å². The van der Waals surface area contributed by atoms with Crippen LogP contribution in [0.1, 0.15) is 46.5 Å². The molecule has 0 radical (unpaired) electrons. The maximum Gasteiger partial charge on any atom is 0.160 e. The van der Waals surface area contributed by atoms with Crippen LogP contribution in [0.15, 0.2) is 67.2 Å². The molecule has 0 fully saturated rings. The van der Waals surface area contributed by atoms with Crippen molar-refractivity contribution < 1.29 is 4.79 Å². The van der Waals surface area contributed by atoms with Crippen LogP contribution >= 0.6 is 0 Å². The number of benzene rings is 6. The highest BCUT2D eigenvalue weighted by Gasteiger charge is 2.21. The van der Waals surface area contributed by atoms with Gasteiger partial charge in [0.2, 0.25) is 0 Å². The predicted octanol–water partition coefficient (Wildman–Crippen LogP) is 9.15. The SMILES string of the molecule is C=C(C)c1ccc2c3ccc(C)c4c(-c5cc(C)c(N)cc5C)ccc(c5ccc(C(C)=O)c1c25)c43. The molecule has 6 aromatic carbocycles. The molecule has 0 unspecified atom stereocenters. The summed E-state index contributed by atoms with van der Waals surface area (Å²) >= 11 is 0. The average Bonchev–Trinajstić information content (AvgIpc) is 2.84. The van der Waals surface area contributed by atoms with Crippen LogP contribution in [0.5, 0.6) is 0 Å². The predicted molar refractivity (Wildman–Crippen MR) is 156 cm³/mol. The molecular formula is C34H29NO. The maximum atomic E-state index is 12.7. The van der Waals surface area contributed by atoms with Crippen molar-refractivity contribution in [1.82, 2.24) is 0 Å². The van der Waals surface area contributed by atoms with Gasteiger partial charge in [-0.15, -0.1) is 0 Å². The van der Waals surface area contributed by atoms with Crippen molar-refractivity contribution in [3.8, 4) is 11.1 Å². The molecule has 0 bridgehead atoms. The Balaban J connectivity index is 1.87. The Bertz CT molecular complexity index is 1850. The second-order valence-electron chi connectivity index (χ2n) is 10.3. The summed E-state index contributed by atoms with van der Waals surface area (Å²) in [7, 11) is 0. The molecule has 6 rings (SSSR count). The number of fused-ring (bicyclic) bond motifs is 2. The van der Waals surface area contributed by atoms with Crippen LogP contribution in [-0.4, -0.2) is 5.78 Å². The topological polar surface area (TPSA) is 43.1 Å². The molecule has 0 heterocycles. The van der Waals surface area contributed by atoms with Crippen LogP contribution in [0.3, 0.4) is 0 Å². The van der Waals surface area contributed by atoms with Crippen molar-refractivity contribution in [1.29, 1.82) is 0 Å². The van der Waals surface area contributed by atoms with E-state index in [4.69, 9.17) is 5.73 Å². The van der Waals surface area contributed by atoms with Gasteiger partial charge >= 0.3 is 0 Å². The highest BCUT2D eigenvalue weighted by Crippen LogP contribution is 2.46. The number of aryl methyl sites for hydroxylation is 3. The summed E-state index contributed by atoms with van der Waals surface area (Å²) in [5.41, 5.74) is 15.8. The number of hydrogen-bond donors (Lipinski definition) is 1. The van der Waals surface area contributed by atoms with Crippen LogP contribution in [0.25, 0.3) is 59.8 Å². The summed E-state index contributed by atoms with van der Waals surface area (Å²) in [6, 6.07) is 21.7. The van der Waals surface area contributed by atoms with Gasteiger partial charge in [-0.05, 0) is 118 Å². The number of carbonyl (C=O) groups excluding carboxylic acids is 1. The maximum absolute atomic E-state index is 12.7. The molecule has 0 aliphatic carbocycles. The van der Waals surface area contributed by atoms with Gasteiger partial charge in [-0.25, -0.2) is 0 Å². The third-order valence-corrected chi connectivity index (χ3v) is 7.85. The Hall–Kier alpha value is -4.17. The Labute approximate surface area is 211 Å². The van der Waals surface area contributed by atoms with Gasteiger partial charge in [-0.2, -0.15) is 0 Å². The van der Waals surface area contributed by atoms with E-state index in [1.165, 1.54) is 54.6 Å². The lowest BCUT2D eigenvalue weighted by Crippen LogP contribution is -1.99. The van der Waals surface area contributed by atoms with Crippen molar-refractivity contribution in [3.63, 3.8) is 0 Å². The Morgan fingerprint density at radius 2 is 1.17 bits per heavy atom. The van der Waals surface area contributed by atoms with E-state index >= 15 is 0 Å². The van der Waals surface area contributed by atoms with Gasteiger partial charge < -0.3 is 5.73 Å². The lowest BCUT2D eigenvalue weighted by atomic mass is 9.82. The fourth-order valence-corrected chi connectivity index (χ4v) is 6.06. The fraction of sp³-hybridized carbons (Fsp3) is 0.147. The van der Waals surface area contributed by atoms with Crippen molar-refractivity contribution in [2.45, 2.75) is 34.6 Å². The summed E-state index contributed by atoms with van der Waals surface area (Å²) in [5, 5.41) is 9.48. The number of carbonyl (C=O) groups is 1. The monoisotopic (exact) mass is 467 g/mol. The molecule has 0 saturated carbocycles. The molecule has 2 heteroatoms. The van der Waals surface area contributed by atoms with Crippen molar-refractivity contribution in [3.05, 3.63) is 95.1 Å². The minimum Gasteiger partial charge on any atom is -0.399 e. The van der Waals surface area contributed by atoms with E-state index in [0.29, 0.717) is 0 Å². The molecule has 0 atom stereocenters. The van der Waals surface area contributed by atoms with Crippen LogP contribution < -0.4 is 5.73 Å². The molecule has 0 aromatic heterocycles. The molecule has 2 N–H and O–H groups in total. The molecule has 2 nitrogen and oxygen atoms in total. The van der Waals surface area contributed by atoms with Gasteiger partial charge in [0.25, 0.3) is 0 Å². The Morgan fingerprint density at radius 1 is 0.611 bits per heavy atom. The lowest BCUT2D eigenvalue weighted by Gasteiger charge is -2.21. The number of Topliss-reactive ketones (excluding diaryl/α,β-unsaturated/α-hetero) is 1. The molecule has 0 aliphatic heterocycles. The summed E-state index contributed by atoms with van der Waals surface area (Å²) in [5.74, 6) is 0.0746. The number of nitrogen functional groups attached to an aromatic ring is 1. The van der Waals surface area contributed by atoms with Crippen molar-refractivity contribution in [2.24, 2.45) is 0 Å². The molecule has 36 heavy (non-hydrogen) atoms. The summed E-state index contributed by atoms with van der Waals surface area (Å²) in [6.07, 6.45) is 0. The molecule has 0 saturated heterocycles. The van der Waals surface area contributed by atoms with E-state index < -0.39 is 0 Å². The van der Waals surface area contributed by atoms with E-state index in [1.54, 1.807) is 6.92 Å². The number of anilines is 1. The van der Waals surface area contributed by atoms with E-state index in [1.807, 2.05) is 13.0 Å². The second-order valence-corrected chi connectivity index (χ2v) is 10.3. The van der Waals surface area contributed by atoms with Gasteiger partial charge in [0.15, 0.2) is 5.78 Å². The minimum atomic E-state index is 0.0746. The van der Waals surface area contributed by atoms with Gasteiger partial charge in [0, 0.05) is 16.6 Å². The first kappa shape index (κ1) is 22.3. The fourth-order valence-electron chi connectivity index (χ4n) is 6.06. The zero-order valence-electron chi connectivity index (χ0n) is 21.5. The number of hydrogen-bond acceptors (Lipinski definition) is 2. The zero-order valence-corrected chi connectivity index (χ0v) is 21.5. The van der Waals surface area contributed by atoms with Crippen molar-refractivity contribution in [2.75, 3.05) is 5.73 Å². The first-order valence-corrected chi connectivity index (χ1v) is 12.4. The average molecular weight is 468 g/mol. The quantitative estimate of drug-likeness (QED) is 0.122. The first-order chi connectivity index (χ1) is 17.2. The number of nitrogens with two attached hydrogens (primary N) is 1. The summed E-state index contributed by atoms with van der Waals surface area (Å²) < 4.78 is 0. The molecule has 0 aliphatic rings. The van der Waals surface area contributed by atoms with Crippen LogP contribution in [0.2, 0.25) is 0 Å². The van der Waals surface area contributed by atoms with E-state index in [9.17, 15) is 4.79 Å². The lowest BCUT2D eigenvalue weighted by molar-refractivity contribution is 0.101. The Morgan fingerprint density at radius 3 is 1.78 bits per heavy atom. The smallest absolute Gasteiger partial charge is 0.160 e. The largest absolute Gasteiger partial charge is 0.399 e. The van der Waals surface area contributed by atoms with Crippen LogP contribution in [-0.2, 0) is 0 Å². The minimum absolute atomic E-state index is 0.0746. The molecule has 0 spiro atoms. The number of ketones is 1. The van der Waals surface area contributed by atoms with Gasteiger partial charge in [0.05, 0.1) is 0 Å². The normalized spacial score (nSPS) is 11.8. The van der Waals surface area contributed by atoms with E-state index in [0.717, 1.165) is 38.7 Å². The zero-order chi connectivity index (χ0) is 25.5. The Kier molecular flexibility index (Phi) is 4.75. The van der Waals surface area contributed by atoms with Crippen LogP contribution in [0.4, 0.5) is 5.69 Å². The second kappa shape index (κ2) is 7.66. The molecule has 6 aromatic rings. The number of allylic oxidation sites excluding steroid dienone is 1. The summed E-state index contributed by atoms with van der Waals surface area (Å²) in [4.78, 5) is 12.7. The van der Waals surface area contributed by atoms with Gasteiger partial charge in [-0.1, -0.05) is 60.7 Å². The molecule has 176 valence electrons.